The Hall–Kier alpha value is -1.25. The molecule has 0 rings (SSSR count). The highest BCUT2D eigenvalue weighted by molar-refractivity contribution is 7.47. The van der Waals surface area contributed by atoms with Gasteiger partial charge in [-0.05, 0) is 31.8 Å². The fourth-order valence-corrected chi connectivity index (χ4v) is 9.44. The predicted octanol–water partition coefficient (Wildman–Crippen LogP) is 17.2. The van der Waals surface area contributed by atoms with Crippen molar-refractivity contribution in [2.75, 3.05) is 40.9 Å². The van der Waals surface area contributed by atoms with Crippen LogP contribution in [0.1, 0.15) is 290 Å². The van der Waals surface area contributed by atoms with Gasteiger partial charge in [0.1, 0.15) is 19.3 Å². The Bertz CT molecular complexity index is 1160. The van der Waals surface area contributed by atoms with Crippen LogP contribution in [0.15, 0.2) is 12.2 Å². The van der Waals surface area contributed by atoms with Gasteiger partial charge in [0, 0.05) is 12.8 Å². The van der Waals surface area contributed by atoms with Crippen molar-refractivity contribution >= 4 is 19.7 Å². The first-order chi connectivity index (χ1) is 32.4. The number of unbranched alkanes of at least 4 members (excludes halogenated alkanes) is 37. The number of allylic oxidation sites excluding steroid dienone is 1. The van der Waals surface area contributed by atoms with Gasteiger partial charge in [-0.2, -0.15) is 0 Å². The molecule has 0 aliphatic carbocycles. The van der Waals surface area contributed by atoms with Crippen molar-refractivity contribution in [2.24, 2.45) is 0 Å². The topological polar surface area (TPSA) is 111 Å². The van der Waals surface area contributed by atoms with Crippen LogP contribution >= 0.6 is 7.82 Å². The molecule has 0 saturated carbocycles. The van der Waals surface area contributed by atoms with Crippen LogP contribution in [0.2, 0.25) is 0 Å². The van der Waals surface area contributed by atoms with Gasteiger partial charge >= 0.3 is 13.8 Å². The maximum atomic E-state index is 13.5. The second-order valence-corrected chi connectivity index (χ2v) is 22.6. The molecule has 0 saturated heterocycles. The highest BCUT2D eigenvalue weighted by Gasteiger charge is 2.30. The first-order valence-electron chi connectivity index (χ1n) is 29.0. The number of nitrogens with zero attached hydrogens (tertiary/aromatic N) is 1. The van der Waals surface area contributed by atoms with Gasteiger partial charge in [-0.15, -0.1) is 0 Å². The van der Waals surface area contributed by atoms with Gasteiger partial charge in [0.05, 0.1) is 33.8 Å². The van der Waals surface area contributed by atoms with Crippen molar-refractivity contribution in [3.05, 3.63) is 12.2 Å². The van der Waals surface area contributed by atoms with E-state index in [9.17, 15) is 19.0 Å². The normalized spacial score (nSPS) is 13.8. The molecule has 0 radical (unpaired) electrons. The Morgan fingerprint density at radius 2 is 0.851 bits per heavy atom. The molecule has 0 bridgehead atoms. The molecule has 0 aromatic carbocycles. The number of phosphoric ester groups is 1. The number of hydrogen-bond acceptors (Lipinski definition) is 6. The van der Waals surface area contributed by atoms with E-state index in [1.807, 2.05) is 33.3 Å². The van der Waals surface area contributed by atoms with Gasteiger partial charge in [0.15, 0.2) is 0 Å². The highest BCUT2D eigenvalue weighted by atomic mass is 31.2. The van der Waals surface area contributed by atoms with E-state index in [0.717, 1.165) is 57.8 Å². The number of esters is 1. The standard InChI is InChI=1S/C57H113N2O7P/c1-7-10-13-16-19-22-25-28-30-31-34-37-40-43-46-49-56(60)58-54(53-65-67(62,63)64-52-51-59(4,5)6)55(48-45-42-39-36-33-27-24-21-18-15-12-9-3)66-57(61)50-47-44-41-38-35-32-29-26-23-20-17-14-11-8-2/h45,48,54-55H,7-44,46-47,49-53H2,1-6H3,(H-,58,60,62,63)/p+1/b48-45+. The minimum absolute atomic E-state index is 0.0455. The van der Waals surface area contributed by atoms with E-state index < -0.39 is 20.0 Å². The minimum Gasteiger partial charge on any atom is -0.456 e. The van der Waals surface area contributed by atoms with Crippen molar-refractivity contribution in [3.8, 4) is 0 Å². The third kappa shape index (κ3) is 49.5. The molecular weight excluding hydrogens is 856 g/mol. The Kier molecular flexibility index (Phi) is 47.5. The zero-order chi connectivity index (χ0) is 49.4. The molecule has 3 unspecified atom stereocenters. The van der Waals surface area contributed by atoms with Crippen molar-refractivity contribution in [1.82, 2.24) is 5.32 Å². The second kappa shape index (κ2) is 48.4. The van der Waals surface area contributed by atoms with E-state index in [4.69, 9.17) is 13.8 Å². The van der Waals surface area contributed by atoms with E-state index in [0.29, 0.717) is 23.9 Å². The molecule has 0 aliphatic heterocycles. The molecular formula is C57H114N2O7P+. The van der Waals surface area contributed by atoms with E-state index in [2.05, 4.69) is 26.1 Å². The Morgan fingerprint density at radius 1 is 0.507 bits per heavy atom. The van der Waals surface area contributed by atoms with Gasteiger partial charge in [-0.1, -0.05) is 258 Å². The number of nitrogens with one attached hydrogen (secondary N) is 1. The van der Waals surface area contributed by atoms with Crippen LogP contribution in [-0.4, -0.2) is 74.3 Å². The number of carbonyl (C=O) groups is 2. The van der Waals surface area contributed by atoms with Crippen LogP contribution in [0.5, 0.6) is 0 Å². The smallest absolute Gasteiger partial charge is 0.456 e. The Balaban J connectivity index is 5.31. The van der Waals surface area contributed by atoms with E-state index in [-0.39, 0.29) is 25.1 Å². The van der Waals surface area contributed by atoms with Crippen LogP contribution in [-0.2, 0) is 27.9 Å². The molecule has 0 fully saturated rings. The molecule has 0 aromatic heterocycles. The van der Waals surface area contributed by atoms with Crippen LogP contribution in [0.3, 0.4) is 0 Å². The first kappa shape index (κ1) is 65.8. The van der Waals surface area contributed by atoms with E-state index >= 15 is 0 Å². The lowest BCUT2D eigenvalue weighted by molar-refractivity contribution is -0.870. The monoisotopic (exact) mass is 970 g/mol. The van der Waals surface area contributed by atoms with Crippen molar-refractivity contribution in [3.63, 3.8) is 0 Å². The summed E-state index contributed by atoms with van der Waals surface area (Å²) in [6, 6.07) is -0.837. The summed E-state index contributed by atoms with van der Waals surface area (Å²) in [7, 11) is 1.51. The van der Waals surface area contributed by atoms with Gasteiger partial charge in [-0.25, -0.2) is 4.57 Å². The lowest BCUT2D eigenvalue weighted by Crippen LogP contribution is -2.47. The van der Waals surface area contributed by atoms with E-state index in [1.54, 1.807) is 0 Å². The number of amides is 1. The van der Waals surface area contributed by atoms with E-state index in [1.165, 1.54) is 199 Å². The molecule has 1 amide bonds. The SMILES string of the molecule is CCCCCCCCCCCC/C=C/C(OC(=O)CCCCCCCCCCCCCCCC)C(COP(=O)(O)OCC[N+](C)(C)C)NC(=O)CCCCCCCCCCCCCCCCC. The largest absolute Gasteiger partial charge is 0.472 e. The lowest BCUT2D eigenvalue weighted by Gasteiger charge is -2.27. The molecule has 9 nitrogen and oxygen atoms in total. The molecule has 0 heterocycles. The van der Waals surface area contributed by atoms with Crippen LogP contribution in [0, 0.1) is 0 Å². The summed E-state index contributed by atoms with van der Waals surface area (Å²) < 4.78 is 30.6. The molecule has 0 aliphatic rings. The maximum absolute atomic E-state index is 13.5. The molecule has 3 atom stereocenters. The molecule has 10 heteroatoms. The van der Waals surface area contributed by atoms with Crippen LogP contribution in [0.25, 0.3) is 0 Å². The van der Waals surface area contributed by atoms with Gasteiger partial charge < -0.3 is 19.4 Å². The van der Waals surface area contributed by atoms with Crippen molar-refractivity contribution < 1.29 is 37.3 Å². The van der Waals surface area contributed by atoms with Crippen molar-refractivity contribution in [1.29, 1.82) is 0 Å². The average Bonchev–Trinajstić information content (AvgIpc) is 3.28. The molecule has 0 aromatic rings. The van der Waals surface area contributed by atoms with Crippen molar-refractivity contribution in [2.45, 2.75) is 303 Å². The zero-order valence-electron chi connectivity index (χ0n) is 45.4. The Labute approximate surface area is 416 Å². The summed E-state index contributed by atoms with van der Waals surface area (Å²) in [5.41, 5.74) is 0. The fraction of sp³-hybridized carbons (Fsp3) is 0.930. The predicted molar refractivity (Wildman–Crippen MR) is 287 cm³/mol. The molecule has 2 N–H and O–H groups in total. The molecule has 0 spiro atoms. The maximum Gasteiger partial charge on any atom is 0.472 e. The number of hydrogen-bond donors (Lipinski definition) is 2. The third-order valence-electron chi connectivity index (χ3n) is 13.2. The number of ether oxygens (including phenoxy) is 1. The fourth-order valence-electron chi connectivity index (χ4n) is 8.71. The summed E-state index contributed by atoms with van der Waals surface area (Å²) in [5.74, 6) is -0.487. The summed E-state index contributed by atoms with van der Waals surface area (Å²) >= 11 is 0. The lowest BCUT2D eigenvalue weighted by atomic mass is 10.0. The van der Waals surface area contributed by atoms with Crippen LogP contribution in [0.4, 0.5) is 0 Å². The number of quaternary nitrogens is 1. The second-order valence-electron chi connectivity index (χ2n) is 21.2. The summed E-state index contributed by atoms with van der Waals surface area (Å²) in [6.45, 7) is 7.05. The summed E-state index contributed by atoms with van der Waals surface area (Å²) in [4.78, 5) is 37.5. The number of carbonyl (C=O) groups excluding carboxylic acids is 2. The minimum atomic E-state index is -4.43. The van der Waals surface area contributed by atoms with Gasteiger partial charge in [-0.3, -0.25) is 18.6 Å². The average molecular weight is 971 g/mol. The summed E-state index contributed by atoms with van der Waals surface area (Å²) in [6.07, 6.45) is 53.4. The van der Waals surface area contributed by atoms with Crippen LogP contribution < -0.4 is 5.32 Å². The summed E-state index contributed by atoms with van der Waals surface area (Å²) in [5, 5.41) is 3.05. The number of phosphoric acid groups is 1. The number of likely N-dealkylation sites (N-methyl/N-ethyl adjacent to an activating group) is 1. The third-order valence-corrected chi connectivity index (χ3v) is 14.2. The van der Waals surface area contributed by atoms with Gasteiger partial charge in [0.25, 0.3) is 0 Å². The molecule has 398 valence electrons. The van der Waals surface area contributed by atoms with Gasteiger partial charge in [0.2, 0.25) is 5.91 Å². The zero-order valence-corrected chi connectivity index (χ0v) is 46.3. The Morgan fingerprint density at radius 3 is 1.22 bits per heavy atom. The first-order valence-corrected chi connectivity index (χ1v) is 30.5. The highest BCUT2D eigenvalue weighted by Crippen LogP contribution is 2.43. The quantitative estimate of drug-likeness (QED) is 0.0205. The molecule has 67 heavy (non-hydrogen) atoms. The number of rotatable bonds is 53.